The molecule has 0 aliphatic carbocycles. The third kappa shape index (κ3) is 1.52. The largest absolute Gasteiger partial charge is 0.337 e. The molecular formula is C8H8N2S3. The molecule has 2 nitrogen and oxygen atoms in total. The van der Waals surface area contributed by atoms with E-state index in [2.05, 4.69) is 18.0 Å². The fourth-order valence-electron chi connectivity index (χ4n) is 1.26. The van der Waals surface area contributed by atoms with Crippen LogP contribution in [0.4, 0.5) is 0 Å². The smallest absolute Gasteiger partial charge is 0.159 e. The fourth-order valence-corrected chi connectivity index (χ4v) is 2.86. The molecule has 1 aromatic carbocycles. The number of fused-ring (bicyclic) bond motifs is 1. The number of benzene rings is 1. The number of hydrogen-bond acceptors (Lipinski definition) is 4. The summed E-state index contributed by atoms with van der Waals surface area (Å²) >= 11 is 7.94. The first-order valence-electron chi connectivity index (χ1n) is 3.71. The van der Waals surface area contributed by atoms with Gasteiger partial charge in [0.25, 0.3) is 0 Å². The highest BCUT2D eigenvalue weighted by molar-refractivity contribution is 7.97. The lowest BCUT2D eigenvalue weighted by Crippen LogP contribution is -1.85. The van der Waals surface area contributed by atoms with Crippen molar-refractivity contribution in [2.24, 2.45) is 5.14 Å². The number of hydrogen-bond donors (Lipinski definition) is 2. The highest BCUT2D eigenvalue weighted by atomic mass is 32.2. The molecule has 5 heteroatoms. The van der Waals surface area contributed by atoms with Crippen LogP contribution in [0, 0.1) is 10.9 Å². The Morgan fingerprint density at radius 2 is 2.31 bits per heavy atom. The molecule has 0 unspecified atom stereocenters. The predicted molar refractivity (Wildman–Crippen MR) is 61.8 cm³/mol. The number of aromatic amines is 1. The molecule has 0 aliphatic rings. The van der Waals surface area contributed by atoms with Crippen LogP contribution in [0.15, 0.2) is 17.0 Å². The number of rotatable bonds is 1. The number of aromatic nitrogens is 1. The highest BCUT2D eigenvalue weighted by Crippen LogP contribution is 2.28. The summed E-state index contributed by atoms with van der Waals surface area (Å²) in [5, 5.41) is 5.53. The highest BCUT2D eigenvalue weighted by Gasteiger charge is 2.04. The van der Waals surface area contributed by atoms with E-state index in [0.717, 1.165) is 14.4 Å². The Kier molecular flexibility index (Phi) is 2.42. The van der Waals surface area contributed by atoms with Crippen molar-refractivity contribution in [2.75, 3.05) is 0 Å². The number of nitrogens with one attached hydrogen (secondary N) is 1. The third-order valence-corrected chi connectivity index (χ3v) is 3.83. The second kappa shape index (κ2) is 3.42. The van der Waals surface area contributed by atoms with Crippen molar-refractivity contribution in [2.45, 2.75) is 11.8 Å². The summed E-state index contributed by atoms with van der Waals surface area (Å²) in [6.45, 7) is 2.05. The molecule has 68 valence electrons. The van der Waals surface area contributed by atoms with Gasteiger partial charge in [-0.15, -0.1) is 11.3 Å². The van der Waals surface area contributed by atoms with Crippen molar-refractivity contribution in [3.05, 3.63) is 21.7 Å². The Morgan fingerprint density at radius 3 is 3.00 bits per heavy atom. The van der Waals surface area contributed by atoms with Crippen LogP contribution in [0.1, 0.15) is 5.56 Å². The molecule has 3 N–H and O–H groups in total. The number of aryl methyl sites for hydroxylation is 1. The minimum Gasteiger partial charge on any atom is -0.337 e. The Hall–Kier alpha value is -0.360. The van der Waals surface area contributed by atoms with Crippen LogP contribution in [0.5, 0.6) is 0 Å². The Balaban J connectivity index is 2.85. The zero-order valence-corrected chi connectivity index (χ0v) is 9.41. The summed E-state index contributed by atoms with van der Waals surface area (Å²) in [5.74, 6) is 0. The minimum absolute atomic E-state index is 0.817. The molecule has 2 rings (SSSR count). The van der Waals surface area contributed by atoms with Crippen LogP contribution in [0.2, 0.25) is 0 Å². The van der Waals surface area contributed by atoms with Gasteiger partial charge >= 0.3 is 0 Å². The van der Waals surface area contributed by atoms with Crippen LogP contribution >= 0.6 is 35.5 Å². The second-order valence-electron chi connectivity index (χ2n) is 2.69. The van der Waals surface area contributed by atoms with Gasteiger partial charge < -0.3 is 4.98 Å². The molecule has 0 atom stereocenters. The van der Waals surface area contributed by atoms with Crippen molar-refractivity contribution in [3.8, 4) is 0 Å². The summed E-state index contributed by atoms with van der Waals surface area (Å²) in [6.07, 6.45) is 0. The summed E-state index contributed by atoms with van der Waals surface area (Å²) < 4.78 is 2.01. The lowest BCUT2D eigenvalue weighted by atomic mass is 10.2. The second-order valence-corrected chi connectivity index (χ2v) is 5.09. The Labute approximate surface area is 89.3 Å². The van der Waals surface area contributed by atoms with Crippen molar-refractivity contribution in [1.82, 2.24) is 4.98 Å². The lowest BCUT2D eigenvalue weighted by molar-refractivity contribution is 1.31. The molecule has 1 aromatic heterocycles. The molecule has 1 heterocycles. The Morgan fingerprint density at radius 1 is 1.54 bits per heavy atom. The minimum atomic E-state index is 0.817. The first-order valence-corrected chi connectivity index (χ1v) is 5.82. The van der Waals surface area contributed by atoms with Crippen molar-refractivity contribution in [3.63, 3.8) is 0 Å². The maximum Gasteiger partial charge on any atom is 0.159 e. The summed E-state index contributed by atoms with van der Waals surface area (Å²) in [4.78, 5) is 4.26. The van der Waals surface area contributed by atoms with Crippen LogP contribution in [-0.4, -0.2) is 4.98 Å². The number of thiazole rings is 1. The van der Waals surface area contributed by atoms with Crippen molar-refractivity contribution >= 4 is 45.7 Å². The molecule has 0 bridgehead atoms. The van der Waals surface area contributed by atoms with Gasteiger partial charge in [-0.05, 0) is 48.8 Å². The zero-order chi connectivity index (χ0) is 9.42. The molecule has 0 saturated heterocycles. The van der Waals surface area contributed by atoms with Crippen LogP contribution in [0.3, 0.4) is 0 Å². The van der Waals surface area contributed by atoms with E-state index in [0.29, 0.717) is 0 Å². The van der Waals surface area contributed by atoms with Gasteiger partial charge in [-0.3, -0.25) is 5.14 Å². The topological polar surface area (TPSA) is 41.8 Å². The maximum absolute atomic E-state index is 5.53. The molecule has 13 heavy (non-hydrogen) atoms. The quantitative estimate of drug-likeness (QED) is 0.581. The number of H-pyrrole nitrogens is 1. The normalized spacial score (nSPS) is 10.9. The van der Waals surface area contributed by atoms with Crippen LogP contribution in [0.25, 0.3) is 10.2 Å². The van der Waals surface area contributed by atoms with Crippen molar-refractivity contribution < 1.29 is 0 Å². The first kappa shape index (κ1) is 9.21. The van der Waals surface area contributed by atoms with Gasteiger partial charge in [0.2, 0.25) is 0 Å². The molecular weight excluding hydrogens is 220 g/mol. The van der Waals surface area contributed by atoms with E-state index in [9.17, 15) is 0 Å². The van der Waals surface area contributed by atoms with E-state index in [1.165, 1.54) is 22.2 Å². The zero-order valence-electron chi connectivity index (χ0n) is 6.96. The van der Waals surface area contributed by atoms with Crippen LogP contribution < -0.4 is 5.14 Å². The van der Waals surface area contributed by atoms with Gasteiger partial charge in [-0.1, -0.05) is 0 Å². The molecule has 0 spiro atoms. The van der Waals surface area contributed by atoms with E-state index in [-0.39, 0.29) is 0 Å². The van der Waals surface area contributed by atoms with Gasteiger partial charge in [-0.25, -0.2) is 0 Å². The average Bonchev–Trinajstić information content (AvgIpc) is 2.47. The van der Waals surface area contributed by atoms with Gasteiger partial charge in [0.15, 0.2) is 3.95 Å². The van der Waals surface area contributed by atoms with E-state index >= 15 is 0 Å². The standard InChI is InChI=1S/C8H8N2S3/c1-4-5(13-9)2-3-6-7(4)10-8(11)12-6/h2-3H,9H2,1H3,(H,10,11). The summed E-state index contributed by atoms with van der Waals surface area (Å²) in [6, 6.07) is 4.08. The Bertz CT molecular complexity index is 498. The van der Waals surface area contributed by atoms with E-state index in [1.54, 1.807) is 11.3 Å². The van der Waals surface area contributed by atoms with Gasteiger partial charge in [0.1, 0.15) is 0 Å². The molecule has 0 fully saturated rings. The molecule has 0 aliphatic heterocycles. The van der Waals surface area contributed by atoms with Crippen molar-refractivity contribution in [1.29, 1.82) is 0 Å². The summed E-state index contributed by atoms with van der Waals surface area (Å²) in [5.41, 5.74) is 2.29. The molecule has 0 radical (unpaired) electrons. The number of nitrogens with two attached hydrogens (primary N) is 1. The summed E-state index contributed by atoms with van der Waals surface area (Å²) in [7, 11) is 0. The molecule has 0 saturated carbocycles. The molecule has 0 amide bonds. The fraction of sp³-hybridized carbons (Fsp3) is 0.125. The van der Waals surface area contributed by atoms with E-state index < -0.39 is 0 Å². The van der Waals surface area contributed by atoms with E-state index in [4.69, 9.17) is 17.4 Å². The van der Waals surface area contributed by atoms with Gasteiger partial charge in [0, 0.05) is 4.90 Å². The first-order chi connectivity index (χ1) is 6.22. The van der Waals surface area contributed by atoms with Gasteiger partial charge in [-0.2, -0.15) is 0 Å². The monoisotopic (exact) mass is 228 g/mol. The third-order valence-electron chi connectivity index (χ3n) is 1.93. The van der Waals surface area contributed by atoms with Gasteiger partial charge in [0.05, 0.1) is 10.2 Å². The van der Waals surface area contributed by atoms with Crippen LogP contribution in [-0.2, 0) is 0 Å². The average molecular weight is 228 g/mol. The molecule has 2 aromatic rings. The lowest BCUT2D eigenvalue weighted by Gasteiger charge is -2.01. The maximum atomic E-state index is 5.53. The predicted octanol–water partition coefficient (Wildman–Crippen LogP) is 3.23. The van der Waals surface area contributed by atoms with E-state index in [1.807, 2.05) is 6.07 Å². The SMILES string of the molecule is Cc1c(SN)ccc2sc(=S)[nH]c12.